The molecule has 0 fully saturated rings. The van der Waals surface area contributed by atoms with Crippen LogP contribution in [0.4, 0.5) is 17.6 Å². The lowest BCUT2D eigenvalue weighted by molar-refractivity contribution is 0.265. The monoisotopic (exact) mass is 772 g/mol. The Balaban J connectivity index is 0.000000148. The molecule has 0 unspecified atom stereocenters. The summed E-state index contributed by atoms with van der Waals surface area (Å²) in [4.78, 5) is 17.6. The van der Waals surface area contributed by atoms with Gasteiger partial charge in [0.15, 0.2) is 11.5 Å². The van der Waals surface area contributed by atoms with E-state index in [1.807, 2.05) is 45.2 Å². The van der Waals surface area contributed by atoms with Crippen molar-refractivity contribution in [3.63, 3.8) is 0 Å². The zero-order valence-corrected chi connectivity index (χ0v) is 31.8. The molecule has 4 heterocycles. The summed E-state index contributed by atoms with van der Waals surface area (Å²) in [5.41, 5.74) is 6.57. The number of H-pyrrole nitrogens is 4. The first-order valence-corrected chi connectivity index (χ1v) is 18.8. The fourth-order valence-corrected chi connectivity index (χ4v) is 7.77. The molecule has 10 aromatic rings. The maximum atomic E-state index is 13.9. The van der Waals surface area contributed by atoms with Gasteiger partial charge in [-0.05, 0) is 120 Å². The van der Waals surface area contributed by atoms with Crippen LogP contribution in [0.2, 0.25) is 0 Å². The summed E-state index contributed by atoms with van der Waals surface area (Å²) in [5, 5.41) is 6.55. The molecule has 57 heavy (non-hydrogen) atoms. The number of aromatic amines is 4. The van der Waals surface area contributed by atoms with Gasteiger partial charge in [-0.1, -0.05) is 0 Å². The van der Waals surface area contributed by atoms with Crippen LogP contribution in [-0.2, 0) is 0 Å². The summed E-state index contributed by atoms with van der Waals surface area (Å²) in [7, 11) is 8.02. The Morgan fingerprint density at radius 2 is 0.719 bits per heavy atom. The zero-order valence-electron chi connectivity index (χ0n) is 31.8. The van der Waals surface area contributed by atoms with Crippen molar-refractivity contribution >= 4 is 87.2 Å². The van der Waals surface area contributed by atoms with Crippen LogP contribution in [0, 0.1) is 23.3 Å². The molecule has 6 aromatic carbocycles. The summed E-state index contributed by atoms with van der Waals surface area (Å²) < 4.78 is 68.0. The SMILES string of the molecule is CN(C)CCCOc1c2[nH]c3ccc(F)cc3c2cc2c1[nH]c1ccc(F)cc12.CN(C)CCOc1c2[nH]c3ccc(F)cc3c2cc2c1[nH]c1ccc(F)cc12. The second kappa shape index (κ2) is 14.4. The van der Waals surface area contributed by atoms with Gasteiger partial charge in [0.25, 0.3) is 0 Å². The lowest BCUT2D eigenvalue weighted by Gasteiger charge is -2.12. The fraction of sp³-hybridized carbons (Fsp3) is 0.200. The van der Waals surface area contributed by atoms with E-state index in [1.165, 1.54) is 48.5 Å². The molecule has 4 N–H and O–H groups in total. The number of nitrogens with zero attached hydrogens (tertiary/aromatic N) is 2. The molecule has 10 rings (SSSR count). The van der Waals surface area contributed by atoms with Crippen LogP contribution in [0.5, 0.6) is 11.5 Å². The van der Waals surface area contributed by atoms with Crippen molar-refractivity contribution in [3.05, 3.63) is 108 Å². The van der Waals surface area contributed by atoms with Crippen molar-refractivity contribution in [1.82, 2.24) is 29.7 Å². The number of halogens is 4. The molecule has 0 spiro atoms. The first-order valence-electron chi connectivity index (χ1n) is 18.8. The predicted octanol–water partition coefficient (Wildman–Crippen LogP) is 10.7. The molecule has 8 nitrogen and oxygen atoms in total. The van der Waals surface area contributed by atoms with Gasteiger partial charge in [0.05, 0.1) is 28.7 Å². The maximum Gasteiger partial charge on any atom is 0.167 e. The molecule has 0 saturated heterocycles. The van der Waals surface area contributed by atoms with Gasteiger partial charge in [0.1, 0.15) is 29.9 Å². The summed E-state index contributed by atoms with van der Waals surface area (Å²) in [6.45, 7) is 2.70. The number of nitrogens with one attached hydrogen (secondary N) is 4. The van der Waals surface area contributed by atoms with E-state index >= 15 is 0 Å². The number of likely N-dealkylation sites (N-methyl/N-ethyl adjacent to an activating group) is 1. The van der Waals surface area contributed by atoms with Crippen LogP contribution in [-0.4, -0.2) is 84.2 Å². The minimum Gasteiger partial charge on any atom is -0.489 e. The van der Waals surface area contributed by atoms with E-state index in [4.69, 9.17) is 9.47 Å². The molecule has 12 heteroatoms. The van der Waals surface area contributed by atoms with Crippen LogP contribution in [0.3, 0.4) is 0 Å². The van der Waals surface area contributed by atoms with E-state index in [0.29, 0.717) is 24.7 Å². The number of hydrogen-bond acceptors (Lipinski definition) is 4. The molecular weight excluding hydrogens is 733 g/mol. The molecular formula is C45H40F4N6O2. The van der Waals surface area contributed by atoms with Crippen molar-refractivity contribution in [3.8, 4) is 11.5 Å². The van der Waals surface area contributed by atoms with Crippen LogP contribution < -0.4 is 9.47 Å². The van der Waals surface area contributed by atoms with Gasteiger partial charge in [-0.3, -0.25) is 0 Å². The van der Waals surface area contributed by atoms with Gasteiger partial charge >= 0.3 is 0 Å². The molecule has 0 bridgehead atoms. The molecule has 0 aliphatic rings. The summed E-state index contributed by atoms with van der Waals surface area (Å²) in [6.07, 6.45) is 0.870. The van der Waals surface area contributed by atoms with Gasteiger partial charge in [0, 0.05) is 78.2 Å². The summed E-state index contributed by atoms with van der Waals surface area (Å²) in [5.74, 6) is 0.169. The standard InChI is InChI=1S/C23H21F2N3O.C22H19F2N3O/c1-28(2)8-3-9-29-23-21-17(15-10-13(24)4-6-19(15)26-21)12-18-16-11-14(25)5-7-20(16)27-22(18)23;1-27(2)7-8-28-22-20-16(14-9-12(23)3-5-18(14)25-20)11-17-15-10-13(24)4-6-19(15)26-21(17)22/h4-7,10-12,26-27H,3,8-9H2,1-2H3;3-6,9-11,25-26H,7-8H2,1-2H3. The molecule has 0 radical (unpaired) electrons. The highest BCUT2D eigenvalue weighted by atomic mass is 19.1. The van der Waals surface area contributed by atoms with Crippen molar-refractivity contribution in [2.45, 2.75) is 6.42 Å². The molecule has 0 amide bonds. The number of aromatic nitrogens is 4. The highest BCUT2D eigenvalue weighted by molar-refractivity contribution is 6.22. The first kappa shape index (κ1) is 36.4. The third-order valence-electron chi connectivity index (χ3n) is 10.5. The maximum absolute atomic E-state index is 13.9. The van der Waals surface area contributed by atoms with Crippen LogP contribution in [0.1, 0.15) is 6.42 Å². The number of hydrogen-bond donors (Lipinski definition) is 4. The third kappa shape index (κ3) is 6.64. The Bertz CT molecular complexity index is 2950. The summed E-state index contributed by atoms with van der Waals surface area (Å²) >= 11 is 0. The number of fused-ring (bicyclic) bond motifs is 12. The third-order valence-corrected chi connectivity index (χ3v) is 10.5. The Kier molecular flexibility index (Phi) is 9.17. The Morgan fingerprint density at radius 1 is 0.404 bits per heavy atom. The molecule has 0 aliphatic heterocycles. The molecule has 290 valence electrons. The van der Waals surface area contributed by atoms with Gasteiger partial charge in [-0.25, -0.2) is 17.6 Å². The Labute approximate surface area is 323 Å². The minimum absolute atomic E-state index is 0.295. The van der Waals surface area contributed by atoms with Crippen molar-refractivity contribution < 1.29 is 27.0 Å². The van der Waals surface area contributed by atoms with Crippen molar-refractivity contribution in [2.75, 3.05) is 54.5 Å². The lowest BCUT2D eigenvalue weighted by atomic mass is 10.1. The van der Waals surface area contributed by atoms with E-state index in [1.54, 1.807) is 24.3 Å². The number of benzene rings is 6. The topological polar surface area (TPSA) is 88.1 Å². The zero-order chi connectivity index (χ0) is 39.5. The number of rotatable bonds is 9. The predicted molar refractivity (Wildman–Crippen MR) is 223 cm³/mol. The first-order chi connectivity index (χ1) is 27.5. The van der Waals surface area contributed by atoms with Gasteiger partial charge in [0.2, 0.25) is 0 Å². The molecule has 4 aromatic heterocycles. The Morgan fingerprint density at radius 3 is 1.04 bits per heavy atom. The fourth-order valence-electron chi connectivity index (χ4n) is 7.77. The smallest absolute Gasteiger partial charge is 0.167 e. The molecule has 0 atom stereocenters. The Hall–Kier alpha value is -6.24. The van der Waals surface area contributed by atoms with E-state index < -0.39 is 0 Å². The normalized spacial score (nSPS) is 12.2. The van der Waals surface area contributed by atoms with Gasteiger partial charge in [-0.15, -0.1) is 0 Å². The highest BCUT2D eigenvalue weighted by Crippen LogP contribution is 2.43. The molecule has 0 aliphatic carbocycles. The van der Waals surface area contributed by atoms with Crippen molar-refractivity contribution in [2.24, 2.45) is 0 Å². The average molecular weight is 773 g/mol. The van der Waals surface area contributed by atoms with E-state index in [9.17, 15) is 17.6 Å². The number of ether oxygens (including phenoxy) is 2. The average Bonchev–Trinajstić information content (AvgIpc) is 3.93. The largest absolute Gasteiger partial charge is 0.489 e. The van der Waals surface area contributed by atoms with Crippen LogP contribution >= 0.6 is 0 Å². The second-order valence-electron chi connectivity index (χ2n) is 15.0. The van der Waals surface area contributed by atoms with Gasteiger partial charge in [-0.2, -0.15) is 0 Å². The minimum atomic E-state index is -0.298. The van der Waals surface area contributed by atoms with E-state index in [-0.39, 0.29) is 23.3 Å². The van der Waals surface area contributed by atoms with Crippen LogP contribution in [0.15, 0.2) is 84.9 Å². The quantitative estimate of drug-likeness (QED) is 0.0869. The highest BCUT2D eigenvalue weighted by Gasteiger charge is 2.20. The summed E-state index contributed by atoms with van der Waals surface area (Å²) in [6, 6.07) is 22.7. The lowest BCUT2D eigenvalue weighted by Crippen LogP contribution is -2.19. The van der Waals surface area contributed by atoms with E-state index in [2.05, 4.69) is 24.8 Å². The second-order valence-corrected chi connectivity index (χ2v) is 15.0. The molecule has 0 saturated carbocycles. The van der Waals surface area contributed by atoms with Gasteiger partial charge < -0.3 is 39.2 Å². The van der Waals surface area contributed by atoms with E-state index in [0.717, 1.165) is 107 Å². The van der Waals surface area contributed by atoms with Crippen molar-refractivity contribution in [1.29, 1.82) is 0 Å². The van der Waals surface area contributed by atoms with Crippen LogP contribution in [0.25, 0.3) is 87.2 Å².